The van der Waals surface area contributed by atoms with Gasteiger partial charge in [0.15, 0.2) is 0 Å². The molecule has 0 unspecified atom stereocenters. The van der Waals surface area contributed by atoms with Gasteiger partial charge in [-0.3, -0.25) is 0 Å². The molecule has 4 heterocycles. The molecule has 9 rings (SSSR count). The van der Waals surface area contributed by atoms with Crippen LogP contribution in [0.1, 0.15) is 33.4 Å². The third-order valence-electron chi connectivity index (χ3n) is 8.57. The Morgan fingerprint density at radius 1 is 0.660 bits per heavy atom. The molecule has 4 nitrogen and oxygen atoms in total. The molecule has 5 heteroatoms. The Morgan fingerprint density at radius 3 is 2.06 bits per heavy atom. The van der Waals surface area contributed by atoms with Crippen molar-refractivity contribution in [2.75, 3.05) is 0 Å². The van der Waals surface area contributed by atoms with Gasteiger partial charge in [-0.15, -0.1) is 47.5 Å². The summed E-state index contributed by atoms with van der Waals surface area (Å²) in [4.78, 5) is 13.3. The number of nitrogens with zero attached hydrogens (tertiary/aromatic N) is 3. The molecular formula is C48H35IrN3O-2. The van der Waals surface area contributed by atoms with Gasteiger partial charge in [-0.2, -0.15) is 0 Å². The molecule has 0 aliphatic heterocycles. The van der Waals surface area contributed by atoms with Gasteiger partial charge in [-0.1, -0.05) is 133 Å². The smallest absolute Gasteiger partial charge is 0.216 e. The molecule has 0 bridgehead atoms. The summed E-state index contributed by atoms with van der Waals surface area (Å²) < 4.78 is 70.6. The summed E-state index contributed by atoms with van der Waals surface area (Å²) in [5, 5.41) is 1.75. The van der Waals surface area contributed by atoms with Crippen LogP contribution in [0.4, 0.5) is 0 Å². The number of furan rings is 1. The van der Waals surface area contributed by atoms with Crippen LogP contribution in [0.5, 0.6) is 0 Å². The van der Waals surface area contributed by atoms with E-state index in [9.17, 15) is 0 Å². The van der Waals surface area contributed by atoms with Crippen LogP contribution in [0.25, 0.3) is 66.8 Å². The normalized spacial score (nSPS) is 13.7. The monoisotopic (exact) mass is 870 g/mol. The molecular weight excluding hydrogens is 827 g/mol. The van der Waals surface area contributed by atoms with Crippen molar-refractivity contribution < 1.29 is 35.5 Å². The summed E-state index contributed by atoms with van der Waals surface area (Å²) in [6, 6.07) is 51.9. The van der Waals surface area contributed by atoms with Gasteiger partial charge in [-0.05, 0) is 64.3 Å². The number of pyridine rings is 3. The molecule has 53 heavy (non-hydrogen) atoms. The van der Waals surface area contributed by atoms with Crippen LogP contribution in [-0.4, -0.2) is 15.0 Å². The van der Waals surface area contributed by atoms with E-state index in [1.54, 1.807) is 36.5 Å². The van der Waals surface area contributed by atoms with Crippen molar-refractivity contribution >= 4 is 22.1 Å². The van der Waals surface area contributed by atoms with Crippen LogP contribution in [-0.2, 0) is 26.5 Å². The fourth-order valence-electron chi connectivity index (χ4n) is 6.02. The zero-order valence-corrected chi connectivity index (χ0v) is 30.6. The van der Waals surface area contributed by atoms with E-state index in [1.165, 1.54) is 12.3 Å². The first kappa shape index (κ1) is 26.7. The molecule has 0 saturated heterocycles. The third-order valence-corrected chi connectivity index (χ3v) is 8.57. The first-order chi connectivity index (χ1) is 28.8. The van der Waals surface area contributed by atoms with Gasteiger partial charge in [0.2, 0.25) is 5.71 Å². The van der Waals surface area contributed by atoms with E-state index in [1.807, 2.05) is 115 Å². The number of aromatic nitrogens is 3. The molecule has 0 aliphatic rings. The molecule has 9 aromatic rings. The van der Waals surface area contributed by atoms with E-state index in [0.717, 1.165) is 33.2 Å². The summed E-state index contributed by atoms with van der Waals surface area (Å²) in [5.74, 6) is 0. The Balaban J connectivity index is 0.000000182. The molecule has 0 saturated carbocycles. The summed E-state index contributed by atoms with van der Waals surface area (Å²) >= 11 is 0. The average molecular weight is 870 g/mol. The molecule has 4 aromatic heterocycles. The molecule has 0 atom stereocenters. The maximum atomic E-state index is 8.54. The number of fused-ring (bicyclic) bond motifs is 3. The van der Waals surface area contributed by atoms with Crippen molar-refractivity contribution in [3.05, 3.63) is 199 Å². The molecule has 0 aliphatic carbocycles. The van der Waals surface area contributed by atoms with E-state index >= 15 is 0 Å². The van der Waals surface area contributed by atoms with Crippen molar-refractivity contribution in [2.45, 2.75) is 20.1 Å². The molecule has 0 N–H and O–H groups in total. The molecule has 0 fully saturated rings. The second kappa shape index (κ2) is 16.1. The van der Waals surface area contributed by atoms with E-state index < -0.39 is 20.1 Å². The first-order valence-electron chi connectivity index (χ1n) is 20.7. The largest absolute Gasteiger partial charge is 0.486 e. The van der Waals surface area contributed by atoms with Crippen LogP contribution in [0.3, 0.4) is 0 Å². The van der Waals surface area contributed by atoms with E-state index in [-0.39, 0.29) is 31.2 Å². The Labute approximate surface area is 334 Å². The summed E-state index contributed by atoms with van der Waals surface area (Å²) in [5.41, 5.74) is 7.62. The third kappa shape index (κ3) is 7.78. The Kier molecular flexibility index (Phi) is 8.13. The van der Waals surface area contributed by atoms with Gasteiger partial charge in [0.05, 0.1) is 5.58 Å². The minimum Gasteiger partial charge on any atom is -0.486 e. The second-order valence-electron chi connectivity index (χ2n) is 12.0. The van der Waals surface area contributed by atoms with Crippen LogP contribution in [0, 0.1) is 25.8 Å². The van der Waals surface area contributed by atoms with Crippen molar-refractivity contribution in [1.82, 2.24) is 15.0 Å². The van der Waals surface area contributed by atoms with E-state index in [4.69, 9.17) is 15.4 Å². The molecule has 0 spiro atoms. The zero-order valence-electron chi connectivity index (χ0n) is 36.2. The van der Waals surface area contributed by atoms with Crippen molar-refractivity contribution in [1.29, 1.82) is 0 Å². The quantitative estimate of drug-likeness (QED) is 0.156. The minimum absolute atomic E-state index is 0. The van der Waals surface area contributed by atoms with Crippen molar-refractivity contribution in [3.63, 3.8) is 0 Å². The second-order valence-corrected chi connectivity index (χ2v) is 12.0. The van der Waals surface area contributed by atoms with Crippen LogP contribution in [0.2, 0.25) is 0 Å². The first-order valence-corrected chi connectivity index (χ1v) is 16.7. The topological polar surface area (TPSA) is 51.8 Å². The molecule has 0 amide bonds. The zero-order chi connectivity index (χ0) is 42.1. The summed E-state index contributed by atoms with van der Waals surface area (Å²) in [6.45, 7) is -4.62. The van der Waals surface area contributed by atoms with E-state index in [2.05, 4.69) is 27.1 Å². The van der Waals surface area contributed by atoms with Crippen molar-refractivity contribution in [2.24, 2.45) is 0 Å². The van der Waals surface area contributed by atoms with Gasteiger partial charge >= 0.3 is 0 Å². The van der Waals surface area contributed by atoms with Gasteiger partial charge in [0, 0.05) is 60.9 Å². The molecule has 259 valence electrons. The Bertz CT molecular complexity index is 2820. The fourth-order valence-corrected chi connectivity index (χ4v) is 6.02. The van der Waals surface area contributed by atoms with E-state index in [0.29, 0.717) is 44.9 Å². The summed E-state index contributed by atoms with van der Waals surface area (Å²) in [7, 11) is 0. The molecule has 5 aromatic carbocycles. The van der Waals surface area contributed by atoms with Gasteiger partial charge in [0.1, 0.15) is 0 Å². The fraction of sp³-hybridized carbons (Fsp3) is 0.0625. The Morgan fingerprint density at radius 2 is 1.36 bits per heavy atom. The Hall–Kier alpha value is -6.00. The standard InChI is InChI=1S/C25H20N.C23H15N2O.Ir/c1-18-13-14-22(15-23(18)20-9-5-3-6-10-20)25-16-24(19(2)17-26-25)21-11-7-4-8-12-21;1-2-7-16(8-3-1)15-17-12-13-19-18-9-6-10-20(21-11-4-5-14-24-21)22(18)26-23(19)25-17;/h3-13,15-17H,1-2H3;1-9,11-14H,15H2;/q2*-1;/i1D3,2D3;15D2;. The van der Waals surface area contributed by atoms with Gasteiger partial charge in [-0.25, -0.2) is 4.98 Å². The number of aryl methyl sites for hydroxylation is 2. The number of benzene rings is 5. The van der Waals surface area contributed by atoms with Gasteiger partial charge in [0.25, 0.3) is 0 Å². The average Bonchev–Trinajstić information content (AvgIpc) is 3.65. The summed E-state index contributed by atoms with van der Waals surface area (Å²) in [6.07, 6.45) is 1.39. The SMILES string of the molecule is [2H]C([2H])([2H])c1c[c-]c(-c2cc(-c3ccccc3)c(C([2H])([2H])[2H])cn2)cc1-c1ccccc1.[2H]C([2H])(c1ccccc1)c1ccc2c(n1)oc1c(-c3ccccn3)[c-]ccc12.[Ir]. The van der Waals surface area contributed by atoms with Crippen LogP contribution >= 0.6 is 0 Å². The predicted octanol–water partition coefficient (Wildman–Crippen LogP) is 11.9. The van der Waals surface area contributed by atoms with Crippen molar-refractivity contribution in [3.8, 4) is 44.8 Å². The number of hydrogen-bond donors (Lipinski definition) is 0. The van der Waals surface area contributed by atoms with Gasteiger partial charge < -0.3 is 14.4 Å². The molecule has 1 radical (unpaired) electrons. The number of hydrogen-bond acceptors (Lipinski definition) is 4. The maximum absolute atomic E-state index is 8.54. The maximum Gasteiger partial charge on any atom is 0.216 e. The predicted molar refractivity (Wildman–Crippen MR) is 212 cm³/mol. The van der Waals surface area contributed by atoms with Crippen LogP contribution in [0.15, 0.2) is 168 Å². The number of rotatable bonds is 6. The van der Waals surface area contributed by atoms with Crippen LogP contribution < -0.4 is 0 Å². The minimum atomic E-state index is -2.32.